The average molecular weight is 245 g/mol. The van der Waals surface area contributed by atoms with Crippen molar-refractivity contribution in [1.29, 1.82) is 0 Å². The first-order valence-electron chi connectivity index (χ1n) is 3.13. The molecule has 1 aromatic heterocycles. The maximum Gasteiger partial charge on any atom is 0.0355 e. The van der Waals surface area contributed by atoms with E-state index in [2.05, 4.69) is 46.1 Å². The van der Waals surface area contributed by atoms with E-state index in [1.807, 2.05) is 6.07 Å². The van der Waals surface area contributed by atoms with Crippen LogP contribution in [0.1, 0.15) is 0 Å². The lowest BCUT2D eigenvalue weighted by atomic mass is 10.3. The van der Waals surface area contributed by atoms with Gasteiger partial charge >= 0.3 is 0 Å². The molecule has 0 aliphatic rings. The normalized spacial score (nSPS) is 10.7. The summed E-state index contributed by atoms with van der Waals surface area (Å²) >= 11 is 9.49. The van der Waals surface area contributed by atoms with Crippen molar-refractivity contribution in [3.8, 4) is 0 Å². The summed E-state index contributed by atoms with van der Waals surface area (Å²) in [5.41, 5.74) is 0. The summed E-state index contributed by atoms with van der Waals surface area (Å²) in [5, 5.41) is 3.29. The van der Waals surface area contributed by atoms with Crippen LogP contribution in [0.25, 0.3) is 10.1 Å². The Balaban J connectivity index is 2.87. The van der Waals surface area contributed by atoms with Crippen LogP contribution in [-0.2, 0) is 0 Å². The van der Waals surface area contributed by atoms with Gasteiger partial charge < -0.3 is 0 Å². The minimum Gasteiger partial charge on any atom is -0.143 e. The van der Waals surface area contributed by atoms with Gasteiger partial charge in [-0.2, -0.15) is 0 Å². The fourth-order valence-electron chi connectivity index (χ4n) is 0.988. The van der Waals surface area contributed by atoms with Crippen molar-refractivity contribution < 1.29 is 0 Å². The molecule has 0 spiro atoms. The molecule has 0 saturated carbocycles. The van der Waals surface area contributed by atoms with Gasteiger partial charge in [-0.25, -0.2) is 0 Å². The van der Waals surface area contributed by atoms with E-state index in [4.69, 9.17) is 0 Å². The summed E-state index contributed by atoms with van der Waals surface area (Å²) in [4.78, 5) is 1.06. The molecule has 0 amide bonds. The Bertz CT molecular complexity index is 392. The van der Waals surface area contributed by atoms with E-state index in [9.17, 15) is 0 Å². The van der Waals surface area contributed by atoms with Gasteiger partial charge in [-0.15, -0.1) is 24.0 Å². The maximum absolute atomic E-state index is 4.34. The Hall–Kier alpha value is 0.01000. The van der Waals surface area contributed by atoms with Crippen molar-refractivity contribution >= 4 is 50.0 Å². The Morgan fingerprint density at radius 3 is 3.00 bits per heavy atom. The Labute approximate surface area is 82.8 Å². The molecule has 0 aliphatic heterocycles. The summed E-state index contributed by atoms with van der Waals surface area (Å²) in [6, 6.07) is 6.24. The first kappa shape index (κ1) is 7.65. The molecular formula is C8H5BrS2. The molecule has 2 rings (SSSR count). The van der Waals surface area contributed by atoms with Crippen LogP contribution in [0.4, 0.5) is 0 Å². The second kappa shape index (κ2) is 2.81. The van der Waals surface area contributed by atoms with Gasteiger partial charge in [0.25, 0.3) is 0 Å². The zero-order chi connectivity index (χ0) is 7.84. The molecule has 56 valence electrons. The topological polar surface area (TPSA) is 0 Å². The summed E-state index contributed by atoms with van der Waals surface area (Å²) in [6.07, 6.45) is 0. The summed E-state index contributed by atoms with van der Waals surface area (Å²) in [6.45, 7) is 0. The van der Waals surface area contributed by atoms with Gasteiger partial charge in [0, 0.05) is 24.8 Å². The van der Waals surface area contributed by atoms with Crippen LogP contribution in [0.3, 0.4) is 0 Å². The molecule has 0 unspecified atom stereocenters. The van der Waals surface area contributed by atoms with E-state index < -0.39 is 0 Å². The highest BCUT2D eigenvalue weighted by Crippen LogP contribution is 2.30. The Morgan fingerprint density at radius 1 is 1.36 bits per heavy atom. The SMILES string of the molecule is Sc1csc2ccc(Br)cc12. The van der Waals surface area contributed by atoms with Gasteiger partial charge in [-0.05, 0) is 18.2 Å². The number of hydrogen-bond acceptors (Lipinski definition) is 2. The smallest absolute Gasteiger partial charge is 0.0355 e. The zero-order valence-electron chi connectivity index (χ0n) is 5.54. The van der Waals surface area contributed by atoms with Gasteiger partial charge in [0.05, 0.1) is 0 Å². The van der Waals surface area contributed by atoms with Gasteiger partial charge in [0.15, 0.2) is 0 Å². The van der Waals surface area contributed by atoms with E-state index in [0.717, 1.165) is 9.37 Å². The highest BCUT2D eigenvalue weighted by molar-refractivity contribution is 9.10. The van der Waals surface area contributed by atoms with Crippen LogP contribution >= 0.6 is 39.9 Å². The number of halogens is 1. The van der Waals surface area contributed by atoms with Crippen molar-refractivity contribution in [2.75, 3.05) is 0 Å². The molecule has 0 bridgehead atoms. The molecule has 0 aliphatic carbocycles. The third-order valence-corrected chi connectivity index (χ3v) is 3.52. The van der Waals surface area contributed by atoms with Crippen molar-refractivity contribution in [1.82, 2.24) is 0 Å². The standard InChI is InChI=1S/C8H5BrS2/c9-5-1-2-8-6(3-5)7(10)4-11-8/h1-4,10H. The van der Waals surface area contributed by atoms with Crippen LogP contribution in [-0.4, -0.2) is 0 Å². The fourth-order valence-corrected chi connectivity index (χ4v) is 2.58. The second-order valence-corrected chi connectivity index (χ2v) is 4.57. The van der Waals surface area contributed by atoms with Crippen LogP contribution in [0.2, 0.25) is 0 Å². The number of fused-ring (bicyclic) bond motifs is 1. The van der Waals surface area contributed by atoms with Gasteiger partial charge in [-0.3, -0.25) is 0 Å². The van der Waals surface area contributed by atoms with Crippen LogP contribution in [0.5, 0.6) is 0 Å². The number of benzene rings is 1. The van der Waals surface area contributed by atoms with Gasteiger partial charge in [-0.1, -0.05) is 15.9 Å². The zero-order valence-corrected chi connectivity index (χ0v) is 8.84. The molecule has 0 saturated heterocycles. The molecule has 2 aromatic rings. The van der Waals surface area contributed by atoms with E-state index in [1.165, 1.54) is 10.1 Å². The molecule has 0 N–H and O–H groups in total. The Kier molecular flexibility index (Phi) is 1.95. The monoisotopic (exact) mass is 244 g/mol. The van der Waals surface area contributed by atoms with Crippen LogP contribution < -0.4 is 0 Å². The molecule has 3 heteroatoms. The number of thiophene rings is 1. The molecule has 0 fully saturated rings. The molecule has 1 heterocycles. The second-order valence-electron chi connectivity index (χ2n) is 2.26. The largest absolute Gasteiger partial charge is 0.143 e. The predicted octanol–water partition coefficient (Wildman–Crippen LogP) is 3.95. The molecule has 0 radical (unpaired) electrons. The quantitative estimate of drug-likeness (QED) is 0.667. The predicted molar refractivity (Wildman–Crippen MR) is 56.8 cm³/mol. The van der Waals surface area contributed by atoms with Crippen molar-refractivity contribution in [2.45, 2.75) is 4.90 Å². The molecule has 1 aromatic carbocycles. The molecular weight excluding hydrogens is 240 g/mol. The molecule has 0 nitrogen and oxygen atoms in total. The summed E-state index contributed by atoms with van der Waals surface area (Å²) in [5.74, 6) is 0. The average Bonchev–Trinajstić information content (AvgIpc) is 2.33. The minimum atomic E-state index is 1.06. The number of hydrogen-bond donors (Lipinski definition) is 1. The van der Waals surface area contributed by atoms with E-state index in [-0.39, 0.29) is 0 Å². The van der Waals surface area contributed by atoms with E-state index in [1.54, 1.807) is 11.3 Å². The van der Waals surface area contributed by atoms with Gasteiger partial charge in [0.2, 0.25) is 0 Å². The van der Waals surface area contributed by atoms with E-state index >= 15 is 0 Å². The van der Waals surface area contributed by atoms with E-state index in [0.29, 0.717) is 0 Å². The first-order chi connectivity index (χ1) is 5.27. The third kappa shape index (κ3) is 1.33. The Morgan fingerprint density at radius 2 is 2.18 bits per heavy atom. The fraction of sp³-hybridized carbons (Fsp3) is 0. The third-order valence-electron chi connectivity index (χ3n) is 1.52. The maximum atomic E-state index is 4.34. The number of thiol groups is 1. The van der Waals surface area contributed by atoms with Crippen molar-refractivity contribution in [3.05, 3.63) is 28.1 Å². The van der Waals surface area contributed by atoms with Crippen LogP contribution in [0, 0.1) is 0 Å². The summed E-state index contributed by atoms with van der Waals surface area (Å²) in [7, 11) is 0. The summed E-state index contributed by atoms with van der Waals surface area (Å²) < 4.78 is 2.40. The lowest BCUT2D eigenvalue weighted by molar-refractivity contribution is 1.65. The molecule has 11 heavy (non-hydrogen) atoms. The van der Waals surface area contributed by atoms with Crippen LogP contribution in [0.15, 0.2) is 32.9 Å². The lowest BCUT2D eigenvalue weighted by Gasteiger charge is -1.91. The van der Waals surface area contributed by atoms with Gasteiger partial charge in [0.1, 0.15) is 0 Å². The lowest BCUT2D eigenvalue weighted by Crippen LogP contribution is -1.64. The first-order valence-corrected chi connectivity index (χ1v) is 5.25. The molecule has 0 atom stereocenters. The highest BCUT2D eigenvalue weighted by atomic mass is 79.9. The minimum absolute atomic E-state index is 1.06. The highest BCUT2D eigenvalue weighted by Gasteiger charge is 1.99. The van der Waals surface area contributed by atoms with Crippen molar-refractivity contribution in [3.63, 3.8) is 0 Å². The van der Waals surface area contributed by atoms with Crippen molar-refractivity contribution in [2.24, 2.45) is 0 Å². The number of rotatable bonds is 0.